The van der Waals surface area contributed by atoms with Crippen molar-refractivity contribution in [1.29, 1.82) is 0 Å². The van der Waals surface area contributed by atoms with E-state index in [0.29, 0.717) is 17.3 Å². The van der Waals surface area contributed by atoms with E-state index in [9.17, 15) is 0 Å². The molecule has 0 aliphatic carbocycles. The summed E-state index contributed by atoms with van der Waals surface area (Å²) < 4.78 is 5.60. The van der Waals surface area contributed by atoms with Crippen molar-refractivity contribution in [2.24, 2.45) is 0 Å². The van der Waals surface area contributed by atoms with Gasteiger partial charge in [0, 0.05) is 17.3 Å². The van der Waals surface area contributed by atoms with Crippen molar-refractivity contribution >= 4 is 28.9 Å². The van der Waals surface area contributed by atoms with Crippen molar-refractivity contribution in [3.05, 3.63) is 58.1 Å². The van der Waals surface area contributed by atoms with Gasteiger partial charge >= 0.3 is 0 Å². The maximum atomic E-state index is 6.19. The Bertz CT molecular complexity index is 584. The Morgan fingerprint density at radius 1 is 1.10 bits per heavy atom. The Kier molecular flexibility index (Phi) is 5.16. The highest BCUT2D eigenvalue weighted by molar-refractivity contribution is 6.32. The van der Waals surface area contributed by atoms with Crippen LogP contribution in [-0.4, -0.2) is 6.10 Å². The highest BCUT2D eigenvalue weighted by atomic mass is 35.5. The molecule has 0 fully saturated rings. The van der Waals surface area contributed by atoms with Crippen LogP contribution in [0, 0.1) is 0 Å². The van der Waals surface area contributed by atoms with E-state index in [-0.39, 0.29) is 6.10 Å². The van der Waals surface area contributed by atoms with E-state index in [0.717, 1.165) is 16.3 Å². The SMILES string of the molecule is CC(C)Oc1ccc(NCc2cccc(Cl)c2)cc1Cl. The predicted molar refractivity (Wildman–Crippen MR) is 86.0 cm³/mol. The number of halogens is 2. The Morgan fingerprint density at radius 2 is 1.90 bits per heavy atom. The number of benzene rings is 2. The van der Waals surface area contributed by atoms with Crippen LogP contribution in [-0.2, 0) is 6.54 Å². The van der Waals surface area contributed by atoms with Gasteiger partial charge in [-0.2, -0.15) is 0 Å². The average molecular weight is 310 g/mol. The Balaban J connectivity index is 2.02. The van der Waals surface area contributed by atoms with E-state index in [1.807, 2.05) is 56.3 Å². The fourth-order valence-corrected chi connectivity index (χ4v) is 2.25. The summed E-state index contributed by atoms with van der Waals surface area (Å²) in [6.07, 6.45) is 0.109. The second-order valence-corrected chi connectivity index (χ2v) is 5.64. The largest absolute Gasteiger partial charge is 0.489 e. The second-order valence-electron chi connectivity index (χ2n) is 4.80. The highest BCUT2D eigenvalue weighted by Gasteiger charge is 2.05. The second kappa shape index (κ2) is 6.87. The lowest BCUT2D eigenvalue weighted by atomic mass is 10.2. The molecule has 0 saturated heterocycles. The average Bonchev–Trinajstić information content (AvgIpc) is 2.39. The molecule has 0 spiro atoms. The first kappa shape index (κ1) is 15.0. The molecule has 1 N–H and O–H groups in total. The van der Waals surface area contributed by atoms with Gasteiger partial charge in [0.1, 0.15) is 5.75 Å². The van der Waals surface area contributed by atoms with E-state index in [1.165, 1.54) is 0 Å². The van der Waals surface area contributed by atoms with Crippen LogP contribution >= 0.6 is 23.2 Å². The summed E-state index contributed by atoms with van der Waals surface area (Å²) in [5.74, 6) is 0.704. The van der Waals surface area contributed by atoms with Gasteiger partial charge in [0.2, 0.25) is 0 Å². The Morgan fingerprint density at radius 3 is 2.55 bits per heavy atom. The minimum absolute atomic E-state index is 0.109. The molecule has 0 aliphatic heterocycles. The van der Waals surface area contributed by atoms with Crippen molar-refractivity contribution in [3.8, 4) is 5.75 Å². The number of anilines is 1. The lowest BCUT2D eigenvalue weighted by Gasteiger charge is -2.13. The molecule has 0 aliphatic rings. The number of rotatable bonds is 5. The summed E-state index contributed by atoms with van der Waals surface area (Å²) in [5, 5.41) is 4.66. The van der Waals surface area contributed by atoms with Gasteiger partial charge in [-0.05, 0) is 49.7 Å². The molecule has 2 rings (SSSR count). The summed E-state index contributed by atoms with van der Waals surface area (Å²) in [5.41, 5.74) is 2.07. The number of nitrogens with one attached hydrogen (secondary N) is 1. The van der Waals surface area contributed by atoms with Crippen molar-refractivity contribution in [2.45, 2.75) is 26.5 Å². The Hall–Kier alpha value is -1.38. The molecule has 0 amide bonds. The zero-order valence-electron chi connectivity index (χ0n) is 11.5. The van der Waals surface area contributed by atoms with Crippen molar-refractivity contribution < 1.29 is 4.74 Å². The molecule has 0 aromatic heterocycles. The van der Waals surface area contributed by atoms with Gasteiger partial charge in [-0.3, -0.25) is 0 Å². The van der Waals surface area contributed by atoms with Crippen LogP contribution in [0.4, 0.5) is 5.69 Å². The summed E-state index contributed by atoms with van der Waals surface area (Å²) in [6, 6.07) is 13.5. The van der Waals surface area contributed by atoms with Crippen molar-refractivity contribution in [1.82, 2.24) is 0 Å². The van der Waals surface area contributed by atoms with Gasteiger partial charge in [0.05, 0.1) is 11.1 Å². The molecule has 4 heteroatoms. The summed E-state index contributed by atoms with van der Waals surface area (Å²) in [6.45, 7) is 4.64. The van der Waals surface area contributed by atoms with Crippen LogP contribution in [0.25, 0.3) is 0 Å². The molecular formula is C16H17Cl2NO. The van der Waals surface area contributed by atoms with Crippen LogP contribution in [0.5, 0.6) is 5.75 Å². The third-order valence-corrected chi connectivity index (χ3v) is 3.21. The topological polar surface area (TPSA) is 21.3 Å². The maximum Gasteiger partial charge on any atom is 0.138 e. The summed E-state index contributed by atoms with van der Waals surface area (Å²) in [7, 11) is 0. The quantitative estimate of drug-likeness (QED) is 0.799. The Labute approximate surface area is 129 Å². The molecule has 2 nitrogen and oxygen atoms in total. The van der Waals surface area contributed by atoms with Crippen LogP contribution in [0.15, 0.2) is 42.5 Å². The van der Waals surface area contributed by atoms with E-state index >= 15 is 0 Å². The molecule has 0 atom stereocenters. The molecule has 106 valence electrons. The first-order valence-corrected chi connectivity index (χ1v) is 7.24. The lowest BCUT2D eigenvalue weighted by Crippen LogP contribution is -2.06. The van der Waals surface area contributed by atoms with E-state index in [2.05, 4.69) is 5.32 Å². The molecule has 0 bridgehead atoms. The minimum atomic E-state index is 0.109. The lowest BCUT2D eigenvalue weighted by molar-refractivity contribution is 0.242. The van der Waals surface area contributed by atoms with Crippen LogP contribution in [0.2, 0.25) is 10.0 Å². The zero-order valence-corrected chi connectivity index (χ0v) is 13.0. The molecule has 0 unspecified atom stereocenters. The smallest absolute Gasteiger partial charge is 0.138 e. The van der Waals surface area contributed by atoms with E-state index in [1.54, 1.807) is 0 Å². The zero-order chi connectivity index (χ0) is 14.5. The highest BCUT2D eigenvalue weighted by Crippen LogP contribution is 2.28. The van der Waals surface area contributed by atoms with Gasteiger partial charge in [0.15, 0.2) is 0 Å². The summed E-state index contributed by atoms with van der Waals surface area (Å²) in [4.78, 5) is 0. The van der Waals surface area contributed by atoms with Crippen molar-refractivity contribution in [2.75, 3.05) is 5.32 Å². The third kappa shape index (κ3) is 4.32. The molecule has 0 radical (unpaired) electrons. The van der Waals surface area contributed by atoms with Gasteiger partial charge in [0.25, 0.3) is 0 Å². The van der Waals surface area contributed by atoms with Crippen molar-refractivity contribution in [3.63, 3.8) is 0 Å². The predicted octanol–water partition coefficient (Wildman–Crippen LogP) is 5.39. The van der Waals surface area contributed by atoms with E-state index in [4.69, 9.17) is 27.9 Å². The normalized spacial score (nSPS) is 10.7. The molecule has 2 aromatic rings. The first-order chi connectivity index (χ1) is 9.54. The molecule has 0 heterocycles. The fourth-order valence-electron chi connectivity index (χ4n) is 1.81. The number of hydrogen-bond donors (Lipinski definition) is 1. The van der Waals surface area contributed by atoms with Gasteiger partial charge in [-0.1, -0.05) is 35.3 Å². The minimum Gasteiger partial charge on any atom is -0.489 e. The molecule has 0 saturated carbocycles. The molecular weight excluding hydrogens is 293 g/mol. The number of hydrogen-bond acceptors (Lipinski definition) is 2. The first-order valence-electron chi connectivity index (χ1n) is 6.49. The molecule has 20 heavy (non-hydrogen) atoms. The van der Waals surface area contributed by atoms with Crippen LogP contribution in [0.3, 0.4) is 0 Å². The maximum absolute atomic E-state index is 6.19. The monoisotopic (exact) mass is 309 g/mol. The van der Waals surface area contributed by atoms with Gasteiger partial charge in [-0.15, -0.1) is 0 Å². The van der Waals surface area contributed by atoms with Gasteiger partial charge < -0.3 is 10.1 Å². The number of ether oxygens (including phenoxy) is 1. The fraction of sp³-hybridized carbons (Fsp3) is 0.250. The summed E-state index contributed by atoms with van der Waals surface area (Å²) >= 11 is 12.1. The van der Waals surface area contributed by atoms with Crippen LogP contribution < -0.4 is 10.1 Å². The standard InChI is InChI=1S/C16H17Cl2NO/c1-11(2)20-16-7-6-14(9-15(16)18)19-10-12-4-3-5-13(17)8-12/h3-9,11,19H,10H2,1-2H3. The third-order valence-electron chi connectivity index (χ3n) is 2.68. The molecule has 2 aromatic carbocycles. The van der Waals surface area contributed by atoms with Crippen LogP contribution in [0.1, 0.15) is 19.4 Å². The van der Waals surface area contributed by atoms with E-state index < -0.39 is 0 Å². The van der Waals surface area contributed by atoms with Gasteiger partial charge in [-0.25, -0.2) is 0 Å².